The molecular weight excluding hydrogens is 234 g/mol. The first-order valence-corrected chi connectivity index (χ1v) is 7.26. The van der Waals surface area contributed by atoms with Crippen LogP contribution in [0.5, 0.6) is 0 Å². The van der Waals surface area contributed by atoms with Crippen LogP contribution in [0.15, 0.2) is 35.1 Å². The van der Waals surface area contributed by atoms with E-state index in [2.05, 4.69) is 26.0 Å². The summed E-state index contributed by atoms with van der Waals surface area (Å²) in [6.07, 6.45) is 6.54. The maximum atomic E-state index is 8.18. The molecule has 1 heterocycles. The van der Waals surface area contributed by atoms with Crippen LogP contribution in [0.3, 0.4) is 0 Å². The highest BCUT2D eigenvalue weighted by atomic mass is 16.3. The van der Waals surface area contributed by atoms with Crippen molar-refractivity contribution in [1.29, 1.82) is 0 Å². The Hall–Kier alpha value is -1.57. The Morgan fingerprint density at radius 1 is 1.16 bits per heavy atom. The van der Waals surface area contributed by atoms with Crippen LogP contribution < -0.4 is 4.57 Å². The normalized spacial score (nSPS) is 17.5. The van der Waals surface area contributed by atoms with Crippen LogP contribution >= 0.6 is 0 Å². The monoisotopic (exact) mass is 257 g/mol. The van der Waals surface area contributed by atoms with E-state index in [0.29, 0.717) is 5.92 Å². The molecule has 1 saturated carbocycles. The summed E-state index contributed by atoms with van der Waals surface area (Å²) in [5.41, 5.74) is 3.32. The number of hydrogen-bond donors (Lipinski definition) is 0. The average Bonchev–Trinajstić information content (AvgIpc) is 2.76. The van der Waals surface area contributed by atoms with E-state index < -0.39 is 0 Å². The summed E-state index contributed by atoms with van der Waals surface area (Å²) in [4.78, 5) is 0. The van der Waals surface area contributed by atoms with Gasteiger partial charge in [-0.1, -0.05) is 37.5 Å². The standard InChI is InChI=1S/C17H22NO/c1-13-8-6-7-11-16(13)18-12-19-17(14(18)2)15-9-4-3-5-10-15/h6-8,11-12,15H,3-5,9-10H2,1-2H3/q+1/i12D. The molecule has 0 bridgehead atoms. The van der Waals surface area contributed by atoms with Crippen molar-refractivity contribution in [2.75, 3.05) is 0 Å². The fourth-order valence-corrected chi connectivity index (χ4v) is 3.14. The van der Waals surface area contributed by atoms with Gasteiger partial charge in [-0.25, -0.2) is 0 Å². The fraction of sp³-hybridized carbons (Fsp3) is 0.471. The van der Waals surface area contributed by atoms with Crippen molar-refractivity contribution in [3.05, 3.63) is 47.7 Å². The van der Waals surface area contributed by atoms with Gasteiger partial charge in [0.05, 0.1) is 0 Å². The van der Waals surface area contributed by atoms with Crippen molar-refractivity contribution in [1.82, 2.24) is 0 Å². The maximum Gasteiger partial charge on any atom is 0.340 e. The Labute approximate surface area is 116 Å². The zero-order valence-electron chi connectivity index (χ0n) is 12.8. The van der Waals surface area contributed by atoms with Gasteiger partial charge in [-0.15, -0.1) is 4.57 Å². The largest absolute Gasteiger partial charge is 0.408 e. The molecule has 0 saturated heterocycles. The Bertz CT molecular complexity index is 611. The van der Waals surface area contributed by atoms with Crippen molar-refractivity contribution in [3.63, 3.8) is 0 Å². The molecule has 1 aliphatic rings. The maximum absolute atomic E-state index is 8.18. The van der Waals surface area contributed by atoms with Crippen LogP contribution in [0.2, 0.25) is 0 Å². The predicted molar refractivity (Wildman–Crippen MR) is 75.5 cm³/mol. The molecule has 100 valence electrons. The minimum absolute atomic E-state index is 0.248. The highest BCUT2D eigenvalue weighted by molar-refractivity contribution is 5.32. The first-order valence-electron chi connectivity index (χ1n) is 7.76. The van der Waals surface area contributed by atoms with Gasteiger partial charge >= 0.3 is 6.37 Å². The molecule has 0 spiro atoms. The van der Waals surface area contributed by atoms with E-state index in [1.54, 1.807) is 0 Å². The van der Waals surface area contributed by atoms with E-state index in [-0.39, 0.29) is 6.37 Å². The fourth-order valence-electron chi connectivity index (χ4n) is 3.14. The smallest absolute Gasteiger partial charge is 0.340 e. The number of benzene rings is 1. The highest BCUT2D eigenvalue weighted by Crippen LogP contribution is 2.33. The summed E-state index contributed by atoms with van der Waals surface area (Å²) in [5.74, 6) is 1.52. The van der Waals surface area contributed by atoms with E-state index in [9.17, 15) is 0 Å². The van der Waals surface area contributed by atoms with E-state index in [0.717, 1.165) is 17.1 Å². The van der Waals surface area contributed by atoms with Gasteiger partial charge in [-0.3, -0.25) is 0 Å². The summed E-state index contributed by atoms with van der Waals surface area (Å²) < 4.78 is 15.9. The zero-order valence-corrected chi connectivity index (χ0v) is 11.8. The van der Waals surface area contributed by atoms with Gasteiger partial charge in [0, 0.05) is 24.5 Å². The van der Waals surface area contributed by atoms with Crippen LogP contribution in [-0.2, 0) is 0 Å². The second-order valence-electron chi connectivity index (χ2n) is 5.60. The molecule has 0 amide bonds. The Morgan fingerprint density at radius 3 is 2.63 bits per heavy atom. The number of aromatic nitrogens is 1. The van der Waals surface area contributed by atoms with Gasteiger partial charge in [0.2, 0.25) is 11.4 Å². The van der Waals surface area contributed by atoms with Crippen LogP contribution in [0.1, 0.15) is 56.4 Å². The minimum Gasteiger partial charge on any atom is -0.408 e. The average molecular weight is 257 g/mol. The van der Waals surface area contributed by atoms with Crippen LogP contribution in [0.4, 0.5) is 0 Å². The topological polar surface area (TPSA) is 17.0 Å². The highest BCUT2D eigenvalue weighted by Gasteiger charge is 2.28. The van der Waals surface area contributed by atoms with Crippen molar-refractivity contribution in [2.24, 2.45) is 0 Å². The molecular formula is C17H22NO+. The second-order valence-corrected chi connectivity index (χ2v) is 5.60. The molecule has 0 aliphatic heterocycles. The molecule has 1 aliphatic carbocycles. The summed E-state index contributed by atoms with van der Waals surface area (Å²) in [7, 11) is 0. The van der Waals surface area contributed by atoms with Gasteiger partial charge in [0.1, 0.15) is 0 Å². The van der Waals surface area contributed by atoms with Gasteiger partial charge in [0.15, 0.2) is 7.13 Å². The zero-order chi connectivity index (χ0) is 14.1. The molecule has 3 rings (SSSR count). The molecule has 0 atom stereocenters. The molecule has 2 nitrogen and oxygen atoms in total. The van der Waals surface area contributed by atoms with Crippen LogP contribution in [0.25, 0.3) is 5.69 Å². The van der Waals surface area contributed by atoms with Gasteiger partial charge in [0.25, 0.3) is 0 Å². The Morgan fingerprint density at radius 2 is 1.89 bits per heavy atom. The minimum atomic E-state index is 0.248. The predicted octanol–water partition coefficient (Wildman–Crippen LogP) is 4.22. The summed E-state index contributed by atoms with van der Waals surface area (Å²) in [6.45, 7) is 4.16. The third-order valence-corrected chi connectivity index (χ3v) is 4.27. The summed E-state index contributed by atoms with van der Waals surface area (Å²) in [5, 5.41) is 0. The number of aryl methyl sites for hydroxylation is 1. The number of para-hydroxylation sites is 1. The molecule has 1 aromatic heterocycles. The molecule has 19 heavy (non-hydrogen) atoms. The van der Waals surface area contributed by atoms with Crippen LogP contribution in [0, 0.1) is 13.8 Å². The molecule has 1 aromatic carbocycles. The lowest BCUT2D eigenvalue weighted by Gasteiger charge is -2.18. The lowest BCUT2D eigenvalue weighted by molar-refractivity contribution is -0.606. The van der Waals surface area contributed by atoms with Gasteiger partial charge in [-0.05, 0) is 19.8 Å². The molecule has 2 heteroatoms. The first-order chi connectivity index (χ1) is 9.68. The lowest BCUT2D eigenvalue weighted by atomic mass is 9.87. The van der Waals surface area contributed by atoms with Crippen molar-refractivity contribution in [3.8, 4) is 5.69 Å². The third kappa shape index (κ3) is 2.32. The Kier molecular flexibility index (Phi) is 3.08. The molecule has 2 aromatic rings. The van der Waals surface area contributed by atoms with Crippen molar-refractivity contribution < 1.29 is 10.4 Å². The molecule has 0 radical (unpaired) electrons. The van der Waals surface area contributed by atoms with E-state index in [4.69, 9.17) is 5.79 Å². The lowest BCUT2D eigenvalue weighted by Crippen LogP contribution is -2.32. The second kappa shape index (κ2) is 5.20. The number of hydrogen-bond acceptors (Lipinski definition) is 1. The van der Waals surface area contributed by atoms with E-state index in [1.807, 2.05) is 16.7 Å². The number of oxazole rings is 1. The van der Waals surface area contributed by atoms with Gasteiger partial charge in [-0.2, -0.15) is 0 Å². The van der Waals surface area contributed by atoms with E-state index in [1.165, 1.54) is 37.7 Å². The Balaban J connectivity index is 2.05. The molecule has 1 fully saturated rings. The summed E-state index contributed by atoms with van der Waals surface area (Å²) in [6, 6.07) is 8.18. The number of rotatable bonds is 2. The van der Waals surface area contributed by atoms with Crippen LogP contribution in [-0.4, -0.2) is 0 Å². The third-order valence-electron chi connectivity index (χ3n) is 4.27. The van der Waals surface area contributed by atoms with Crippen molar-refractivity contribution in [2.45, 2.75) is 51.9 Å². The quantitative estimate of drug-likeness (QED) is 0.736. The number of nitrogens with zero attached hydrogens (tertiary/aromatic N) is 1. The molecule has 0 N–H and O–H groups in total. The van der Waals surface area contributed by atoms with E-state index >= 15 is 0 Å². The van der Waals surface area contributed by atoms with Crippen molar-refractivity contribution >= 4 is 0 Å². The SMILES string of the molecule is [2H]c1oc(C2CCCCC2)c(C)[n+]1-c1ccccc1C. The summed E-state index contributed by atoms with van der Waals surface area (Å²) >= 11 is 0. The first kappa shape index (κ1) is 11.3. The van der Waals surface area contributed by atoms with Gasteiger partial charge < -0.3 is 4.42 Å². The molecule has 0 unspecified atom stereocenters.